The van der Waals surface area contributed by atoms with E-state index < -0.39 is 16.8 Å². The number of Topliss-reactive ketones (excluding diaryl/α,β-unsaturated/α-hetero) is 1. The van der Waals surface area contributed by atoms with Gasteiger partial charge in [-0.25, -0.2) is 0 Å². The number of hydrogen-bond donors (Lipinski definition) is 0. The van der Waals surface area contributed by atoms with Crippen LogP contribution in [-0.4, -0.2) is 5.78 Å². The lowest BCUT2D eigenvalue weighted by Crippen LogP contribution is -2.12. The molecule has 0 amide bonds. The van der Waals surface area contributed by atoms with E-state index in [1.807, 2.05) is 0 Å². The fourth-order valence-electron chi connectivity index (χ4n) is 2.32. The Morgan fingerprint density at radius 1 is 1.22 bits per heavy atom. The summed E-state index contributed by atoms with van der Waals surface area (Å²) in [5.41, 5.74) is -0.618. The van der Waals surface area contributed by atoms with Gasteiger partial charge in [0.05, 0.1) is 10.6 Å². The normalized spacial score (nSPS) is 17.1. The SMILES string of the molecule is O=C(c1ccc(C(F)(F)F)c(Cl)c1)C1CCCC1. The van der Waals surface area contributed by atoms with Crippen molar-refractivity contribution in [1.29, 1.82) is 0 Å². The molecule has 1 nitrogen and oxygen atoms in total. The summed E-state index contributed by atoms with van der Waals surface area (Å²) in [6.07, 6.45) is -0.837. The van der Waals surface area contributed by atoms with Gasteiger partial charge in [-0.05, 0) is 25.0 Å². The van der Waals surface area contributed by atoms with E-state index in [-0.39, 0.29) is 17.3 Å². The minimum atomic E-state index is -4.48. The van der Waals surface area contributed by atoms with Crippen molar-refractivity contribution in [1.82, 2.24) is 0 Å². The fourth-order valence-corrected chi connectivity index (χ4v) is 2.61. The van der Waals surface area contributed by atoms with Crippen LogP contribution in [0.2, 0.25) is 5.02 Å². The van der Waals surface area contributed by atoms with Crippen LogP contribution in [0.3, 0.4) is 0 Å². The molecule has 0 aliphatic heterocycles. The van der Waals surface area contributed by atoms with Gasteiger partial charge in [-0.1, -0.05) is 30.5 Å². The largest absolute Gasteiger partial charge is 0.417 e. The predicted octanol–water partition coefficient (Wildman–Crippen LogP) is 4.73. The van der Waals surface area contributed by atoms with Crippen LogP contribution in [0, 0.1) is 5.92 Å². The average molecular weight is 277 g/mol. The van der Waals surface area contributed by atoms with Crippen LogP contribution in [-0.2, 0) is 6.18 Å². The predicted molar refractivity (Wildman–Crippen MR) is 62.7 cm³/mol. The Kier molecular flexibility index (Phi) is 3.66. The first-order valence-electron chi connectivity index (χ1n) is 5.80. The molecule has 0 spiro atoms. The lowest BCUT2D eigenvalue weighted by Gasteiger charge is -2.12. The Morgan fingerprint density at radius 3 is 2.33 bits per heavy atom. The third-order valence-corrected chi connectivity index (χ3v) is 3.60. The van der Waals surface area contributed by atoms with E-state index in [2.05, 4.69) is 0 Å². The van der Waals surface area contributed by atoms with Gasteiger partial charge in [0.1, 0.15) is 0 Å². The highest BCUT2D eigenvalue weighted by Gasteiger charge is 2.34. The van der Waals surface area contributed by atoms with Crippen molar-refractivity contribution in [2.75, 3.05) is 0 Å². The second-order valence-corrected chi connectivity index (χ2v) is 4.95. The third kappa shape index (κ3) is 2.69. The smallest absolute Gasteiger partial charge is 0.294 e. The Hall–Kier alpha value is -1.03. The molecule has 18 heavy (non-hydrogen) atoms. The first-order chi connectivity index (χ1) is 8.39. The van der Waals surface area contributed by atoms with Gasteiger partial charge in [0, 0.05) is 11.5 Å². The van der Waals surface area contributed by atoms with Crippen molar-refractivity contribution in [3.05, 3.63) is 34.3 Å². The molecule has 0 saturated heterocycles. The molecular weight excluding hydrogens is 265 g/mol. The molecule has 5 heteroatoms. The lowest BCUT2D eigenvalue weighted by atomic mass is 9.95. The molecule has 1 saturated carbocycles. The van der Waals surface area contributed by atoms with Gasteiger partial charge < -0.3 is 0 Å². The maximum absolute atomic E-state index is 12.5. The Labute approximate surface area is 108 Å². The van der Waals surface area contributed by atoms with Crippen molar-refractivity contribution in [2.45, 2.75) is 31.9 Å². The van der Waals surface area contributed by atoms with E-state index in [1.165, 1.54) is 6.07 Å². The second kappa shape index (κ2) is 4.92. The summed E-state index contributed by atoms with van der Waals surface area (Å²) < 4.78 is 37.5. The number of carbonyl (C=O) groups is 1. The number of rotatable bonds is 2. The molecule has 0 bridgehead atoms. The van der Waals surface area contributed by atoms with E-state index in [4.69, 9.17) is 11.6 Å². The molecule has 1 aromatic rings. The van der Waals surface area contributed by atoms with Gasteiger partial charge in [-0.2, -0.15) is 13.2 Å². The average Bonchev–Trinajstić information content (AvgIpc) is 2.79. The van der Waals surface area contributed by atoms with E-state index in [0.29, 0.717) is 0 Å². The number of halogens is 4. The zero-order chi connectivity index (χ0) is 13.3. The first-order valence-corrected chi connectivity index (χ1v) is 6.18. The Morgan fingerprint density at radius 2 is 1.83 bits per heavy atom. The quantitative estimate of drug-likeness (QED) is 0.714. The van der Waals surface area contributed by atoms with Crippen LogP contribution in [0.1, 0.15) is 41.6 Å². The summed E-state index contributed by atoms with van der Waals surface area (Å²) >= 11 is 5.59. The molecule has 0 radical (unpaired) electrons. The molecular formula is C13H12ClF3O. The second-order valence-electron chi connectivity index (χ2n) is 4.54. The lowest BCUT2D eigenvalue weighted by molar-refractivity contribution is -0.137. The number of ketones is 1. The summed E-state index contributed by atoms with van der Waals surface area (Å²) in [6, 6.07) is 3.23. The zero-order valence-corrected chi connectivity index (χ0v) is 10.3. The van der Waals surface area contributed by atoms with Crippen molar-refractivity contribution in [3.8, 4) is 0 Å². The van der Waals surface area contributed by atoms with Crippen LogP contribution in [0.5, 0.6) is 0 Å². The topological polar surface area (TPSA) is 17.1 Å². The minimum absolute atomic E-state index is 0.0576. The molecule has 0 atom stereocenters. The van der Waals surface area contributed by atoms with Gasteiger partial charge in [0.15, 0.2) is 5.78 Å². The number of carbonyl (C=O) groups excluding carboxylic acids is 1. The van der Waals surface area contributed by atoms with Crippen LogP contribution in [0.25, 0.3) is 0 Å². The van der Waals surface area contributed by atoms with Crippen molar-refractivity contribution in [3.63, 3.8) is 0 Å². The summed E-state index contributed by atoms with van der Waals surface area (Å²) in [5.74, 6) is -0.152. The molecule has 98 valence electrons. The van der Waals surface area contributed by atoms with Gasteiger partial charge in [-0.3, -0.25) is 4.79 Å². The van der Waals surface area contributed by atoms with Crippen molar-refractivity contribution >= 4 is 17.4 Å². The van der Waals surface area contributed by atoms with Gasteiger partial charge in [-0.15, -0.1) is 0 Å². The zero-order valence-electron chi connectivity index (χ0n) is 9.56. The first kappa shape index (κ1) is 13.4. The molecule has 1 fully saturated rings. The van der Waals surface area contributed by atoms with Crippen LogP contribution in [0.15, 0.2) is 18.2 Å². The van der Waals surface area contributed by atoms with Crippen LogP contribution >= 0.6 is 11.6 Å². The summed E-state index contributed by atoms with van der Waals surface area (Å²) in [5, 5.41) is -0.411. The standard InChI is InChI=1S/C13H12ClF3O/c14-11-7-9(5-6-10(11)13(15,16)17)12(18)8-3-1-2-4-8/h5-8H,1-4H2. The molecule has 1 aromatic carbocycles. The van der Waals surface area contributed by atoms with Gasteiger partial charge >= 0.3 is 6.18 Å². The van der Waals surface area contributed by atoms with E-state index >= 15 is 0 Å². The van der Waals surface area contributed by atoms with Crippen molar-refractivity contribution in [2.24, 2.45) is 5.92 Å². The highest BCUT2D eigenvalue weighted by atomic mass is 35.5. The van der Waals surface area contributed by atoms with Crippen molar-refractivity contribution < 1.29 is 18.0 Å². The van der Waals surface area contributed by atoms with Crippen LogP contribution < -0.4 is 0 Å². The number of hydrogen-bond acceptors (Lipinski definition) is 1. The van der Waals surface area contributed by atoms with Crippen LogP contribution in [0.4, 0.5) is 13.2 Å². The number of alkyl halides is 3. The molecule has 1 aliphatic carbocycles. The van der Waals surface area contributed by atoms with E-state index in [1.54, 1.807) is 0 Å². The molecule has 1 aliphatic rings. The molecule has 0 unspecified atom stereocenters. The van der Waals surface area contributed by atoms with Gasteiger partial charge in [0.2, 0.25) is 0 Å². The third-order valence-electron chi connectivity index (χ3n) is 3.28. The summed E-state index contributed by atoms with van der Waals surface area (Å²) in [7, 11) is 0. The van der Waals surface area contributed by atoms with Gasteiger partial charge in [0.25, 0.3) is 0 Å². The minimum Gasteiger partial charge on any atom is -0.294 e. The Balaban J connectivity index is 2.26. The number of benzene rings is 1. The Bertz CT molecular complexity index is 462. The molecule has 0 heterocycles. The van der Waals surface area contributed by atoms with E-state index in [0.717, 1.165) is 37.8 Å². The molecule has 2 rings (SSSR count). The molecule has 0 aromatic heterocycles. The fraction of sp³-hybridized carbons (Fsp3) is 0.462. The highest BCUT2D eigenvalue weighted by molar-refractivity contribution is 6.31. The maximum Gasteiger partial charge on any atom is 0.417 e. The monoisotopic (exact) mass is 276 g/mol. The molecule has 0 N–H and O–H groups in total. The summed E-state index contributed by atoms with van der Waals surface area (Å²) in [6.45, 7) is 0. The van der Waals surface area contributed by atoms with E-state index in [9.17, 15) is 18.0 Å². The maximum atomic E-state index is 12.5. The highest BCUT2D eigenvalue weighted by Crippen LogP contribution is 2.36. The summed E-state index contributed by atoms with van der Waals surface area (Å²) in [4.78, 5) is 12.0.